The highest BCUT2D eigenvalue weighted by Crippen LogP contribution is 2.28. The molecule has 1 aromatic heterocycles. The van der Waals surface area contributed by atoms with E-state index in [4.69, 9.17) is 5.73 Å². The van der Waals surface area contributed by atoms with Gasteiger partial charge in [0.25, 0.3) is 0 Å². The second kappa shape index (κ2) is 5.28. The highest BCUT2D eigenvalue weighted by molar-refractivity contribution is 5.32. The Balaban J connectivity index is 2.15. The lowest BCUT2D eigenvalue weighted by atomic mass is 10.00. The fourth-order valence-corrected chi connectivity index (χ4v) is 2.15. The predicted molar refractivity (Wildman–Crippen MR) is 70.1 cm³/mol. The van der Waals surface area contributed by atoms with Gasteiger partial charge in [0, 0.05) is 12.2 Å². The highest BCUT2D eigenvalue weighted by Gasteiger charge is 2.32. The molecule has 1 unspecified atom stereocenters. The molecular formula is C14H16F3N3. The lowest BCUT2D eigenvalue weighted by molar-refractivity contribution is -0.137. The number of hydrogen-bond acceptors (Lipinski definition) is 2. The van der Waals surface area contributed by atoms with Crippen LogP contribution in [0.1, 0.15) is 28.3 Å². The van der Waals surface area contributed by atoms with Crippen LogP contribution < -0.4 is 5.73 Å². The number of rotatable bonds is 3. The Morgan fingerprint density at radius 1 is 1.30 bits per heavy atom. The molecule has 0 radical (unpaired) electrons. The van der Waals surface area contributed by atoms with Gasteiger partial charge in [-0.15, -0.1) is 0 Å². The molecule has 1 aromatic carbocycles. The molecule has 0 spiro atoms. The van der Waals surface area contributed by atoms with Crippen LogP contribution in [0.3, 0.4) is 0 Å². The van der Waals surface area contributed by atoms with Gasteiger partial charge in [-0.2, -0.15) is 18.3 Å². The first-order chi connectivity index (χ1) is 9.27. The lowest BCUT2D eigenvalue weighted by Gasteiger charge is -2.15. The minimum atomic E-state index is -4.37. The van der Waals surface area contributed by atoms with E-state index < -0.39 is 17.8 Å². The van der Waals surface area contributed by atoms with Crippen LogP contribution >= 0.6 is 0 Å². The molecule has 20 heavy (non-hydrogen) atoms. The van der Waals surface area contributed by atoms with E-state index >= 15 is 0 Å². The van der Waals surface area contributed by atoms with E-state index in [1.165, 1.54) is 4.68 Å². The van der Waals surface area contributed by atoms with Gasteiger partial charge in [-0.25, -0.2) is 0 Å². The van der Waals surface area contributed by atoms with Crippen molar-refractivity contribution < 1.29 is 13.2 Å². The van der Waals surface area contributed by atoms with Crippen LogP contribution in [0.2, 0.25) is 0 Å². The van der Waals surface area contributed by atoms with E-state index in [2.05, 4.69) is 5.10 Å². The van der Waals surface area contributed by atoms with Crippen molar-refractivity contribution >= 4 is 0 Å². The molecule has 3 nitrogen and oxygen atoms in total. The van der Waals surface area contributed by atoms with Crippen molar-refractivity contribution in [2.45, 2.75) is 32.6 Å². The van der Waals surface area contributed by atoms with Gasteiger partial charge in [-0.3, -0.25) is 4.68 Å². The summed E-state index contributed by atoms with van der Waals surface area (Å²) < 4.78 is 38.7. The Labute approximate surface area is 115 Å². The third-order valence-corrected chi connectivity index (χ3v) is 3.17. The van der Waals surface area contributed by atoms with Crippen LogP contribution in [0.25, 0.3) is 0 Å². The van der Waals surface area contributed by atoms with Gasteiger partial charge in [0.2, 0.25) is 0 Å². The number of nitrogens with two attached hydrogens (primary N) is 1. The number of benzene rings is 1. The maximum Gasteiger partial charge on any atom is 0.419 e. The summed E-state index contributed by atoms with van der Waals surface area (Å²) in [4.78, 5) is 0. The summed E-state index contributed by atoms with van der Waals surface area (Å²) >= 11 is 0. The second-order valence-corrected chi connectivity index (χ2v) is 4.92. The topological polar surface area (TPSA) is 43.8 Å². The largest absolute Gasteiger partial charge is 0.419 e. The highest BCUT2D eigenvalue weighted by atomic mass is 19.4. The van der Waals surface area contributed by atoms with Gasteiger partial charge in [-0.05, 0) is 25.0 Å². The monoisotopic (exact) mass is 283 g/mol. The maximum atomic E-state index is 12.5. The quantitative estimate of drug-likeness (QED) is 0.940. The second-order valence-electron chi connectivity index (χ2n) is 4.92. The summed E-state index contributed by atoms with van der Waals surface area (Å²) in [6, 6.07) is 5.45. The van der Waals surface area contributed by atoms with Gasteiger partial charge in [0.15, 0.2) is 0 Å². The standard InChI is InChI=1S/C14H16F3N3/c1-9-3-4-12(10(2)5-9)13(18)8-20-7-11(6-19-20)14(15,16)17/h3-7,13H,8,18H2,1-2H3. The fraction of sp³-hybridized carbons (Fsp3) is 0.357. The molecule has 0 amide bonds. The minimum Gasteiger partial charge on any atom is -0.322 e. The Morgan fingerprint density at radius 2 is 2.00 bits per heavy atom. The molecule has 0 aliphatic heterocycles. The van der Waals surface area contributed by atoms with Crippen molar-refractivity contribution in [1.29, 1.82) is 0 Å². The van der Waals surface area contributed by atoms with Gasteiger partial charge >= 0.3 is 6.18 Å². The molecule has 108 valence electrons. The molecule has 1 atom stereocenters. The summed E-state index contributed by atoms with van der Waals surface area (Å²) in [6.07, 6.45) is -2.58. The van der Waals surface area contributed by atoms with Crippen LogP contribution in [0.15, 0.2) is 30.6 Å². The van der Waals surface area contributed by atoms with E-state index in [1.54, 1.807) is 0 Å². The number of nitrogens with zero attached hydrogens (tertiary/aromatic N) is 2. The molecule has 0 saturated heterocycles. The lowest BCUT2D eigenvalue weighted by Crippen LogP contribution is -2.19. The van der Waals surface area contributed by atoms with E-state index in [0.717, 1.165) is 29.1 Å². The first kappa shape index (κ1) is 14.6. The molecular weight excluding hydrogens is 267 g/mol. The number of halogens is 3. The zero-order valence-corrected chi connectivity index (χ0v) is 11.3. The average molecular weight is 283 g/mol. The smallest absolute Gasteiger partial charge is 0.322 e. The number of hydrogen-bond donors (Lipinski definition) is 1. The third kappa shape index (κ3) is 3.19. The van der Waals surface area contributed by atoms with E-state index in [0.29, 0.717) is 0 Å². The average Bonchev–Trinajstić information content (AvgIpc) is 2.76. The zero-order chi connectivity index (χ0) is 14.9. The van der Waals surface area contributed by atoms with Gasteiger partial charge in [0.1, 0.15) is 0 Å². The number of alkyl halides is 3. The maximum absolute atomic E-state index is 12.5. The first-order valence-electron chi connectivity index (χ1n) is 6.20. The van der Waals surface area contributed by atoms with Gasteiger partial charge < -0.3 is 5.73 Å². The Morgan fingerprint density at radius 3 is 2.55 bits per heavy atom. The summed E-state index contributed by atoms with van der Waals surface area (Å²) in [7, 11) is 0. The van der Waals surface area contributed by atoms with Crippen molar-refractivity contribution in [2.75, 3.05) is 0 Å². The van der Waals surface area contributed by atoms with E-state index in [1.807, 2.05) is 32.0 Å². The van der Waals surface area contributed by atoms with Crippen molar-refractivity contribution in [3.8, 4) is 0 Å². The predicted octanol–water partition coefficient (Wildman–Crippen LogP) is 3.22. The third-order valence-electron chi connectivity index (χ3n) is 3.17. The molecule has 0 saturated carbocycles. The number of aryl methyl sites for hydroxylation is 2. The van der Waals surface area contributed by atoms with E-state index in [9.17, 15) is 13.2 Å². The first-order valence-corrected chi connectivity index (χ1v) is 6.20. The molecule has 0 fully saturated rings. The zero-order valence-electron chi connectivity index (χ0n) is 11.3. The van der Waals surface area contributed by atoms with Gasteiger partial charge in [0.05, 0.1) is 18.3 Å². The Kier molecular flexibility index (Phi) is 3.85. The summed E-state index contributed by atoms with van der Waals surface area (Å²) in [5.41, 5.74) is 8.36. The molecule has 0 aliphatic rings. The van der Waals surface area contributed by atoms with Crippen molar-refractivity contribution in [3.05, 3.63) is 52.8 Å². The fourth-order valence-electron chi connectivity index (χ4n) is 2.15. The van der Waals surface area contributed by atoms with Crippen LogP contribution in [-0.2, 0) is 12.7 Å². The van der Waals surface area contributed by atoms with Crippen LogP contribution in [-0.4, -0.2) is 9.78 Å². The molecule has 2 N–H and O–H groups in total. The Bertz CT molecular complexity index is 602. The van der Waals surface area contributed by atoms with Crippen molar-refractivity contribution in [2.24, 2.45) is 5.73 Å². The normalized spacial score (nSPS) is 13.5. The molecule has 0 aliphatic carbocycles. The van der Waals surface area contributed by atoms with Crippen LogP contribution in [0, 0.1) is 13.8 Å². The molecule has 0 bridgehead atoms. The molecule has 2 aromatic rings. The number of aromatic nitrogens is 2. The molecule has 1 heterocycles. The molecule has 6 heteroatoms. The Hall–Kier alpha value is -1.82. The minimum absolute atomic E-state index is 0.208. The van der Waals surface area contributed by atoms with Crippen LogP contribution in [0.5, 0.6) is 0 Å². The van der Waals surface area contributed by atoms with Gasteiger partial charge in [-0.1, -0.05) is 23.8 Å². The van der Waals surface area contributed by atoms with Crippen molar-refractivity contribution in [1.82, 2.24) is 9.78 Å². The van der Waals surface area contributed by atoms with Crippen molar-refractivity contribution in [3.63, 3.8) is 0 Å². The van der Waals surface area contributed by atoms with Crippen LogP contribution in [0.4, 0.5) is 13.2 Å². The summed E-state index contributed by atoms with van der Waals surface area (Å²) in [6.45, 7) is 4.12. The summed E-state index contributed by atoms with van der Waals surface area (Å²) in [5.74, 6) is 0. The van der Waals surface area contributed by atoms with E-state index in [-0.39, 0.29) is 6.54 Å². The summed E-state index contributed by atoms with van der Waals surface area (Å²) in [5, 5.41) is 3.71. The molecule has 2 rings (SSSR count). The SMILES string of the molecule is Cc1ccc(C(N)Cn2cc(C(F)(F)F)cn2)c(C)c1.